The number of nitro groups is 1. The van der Waals surface area contributed by atoms with Crippen molar-refractivity contribution < 1.29 is 9.72 Å². The van der Waals surface area contributed by atoms with Gasteiger partial charge in [0.05, 0.1) is 4.92 Å². The average molecular weight is 291 g/mol. The predicted octanol–water partition coefficient (Wildman–Crippen LogP) is 2.37. The van der Waals surface area contributed by atoms with Crippen molar-refractivity contribution in [3.05, 3.63) is 46.5 Å². The van der Waals surface area contributed by atoms with Crippen LogP contribution in [0.25, 0.3) is 0 Å². The lowest BCUT2D eigenvalue weighted by atomic mass is 9.87. The van der Waals surface area contributed by atoms with Crippen LogP contribution in [0.4, 0.5) is 11.4 Å². The highest BCUT2D eigenvalue weighted by molar-refractivity contribution is 5.84. The second-order valence-electron chi connectivity index (χ2n) is 5.46. The maximum atomic E-state index is 10.7. The van der Waals surface area contributed by atoms with Crippen LogP contribution < -0.4 is 10.6 Å². The molecule has 0 bridgehead atoms. The zero-order valence-electron chi connectivity index (χ0n) is 12.6. The molecule has 21 heavy (non-hydrogen) atoms. The molecule has 1 heterocycles. The molecule has 114 valence electrons. The molecule has 6 heteroatoms. The molecular weight excluding hydrogens is 270 g/mol. The summed E-state index contributed by atoms with van der Waals surface area (Å²) in [6.45, 7) is 11.3. The number of hydrogen-bond acceptors (Lipinski definition) is 4. The number of hydrogen-bond donors (Lipinski definition) is 1. The van der Waals surface area contributed by atoms with E-state index in [9.17, 15) is 14.9 Å². The smallest absolute Gasteiger partial charge is 0.271 e. The number of primary amides is 1. The normalized spacial score (nSPS) is 14.7. The van der Waals surface area contributed by atoms with E-state index in [0.717, 1.165) is 24.9 Å². The molecule has 6 nitrogen and oxygen atoms in total. The summed E-state index contributed by atoms with van der Waals surface area (Å²) in [6, 6.07) is 5.18. The van der Waals surface area contributed by atoms with Crippen molar-refractivity contribution >= 4 is 17.3 Å². The zero-order chi connectivity index (χ0) is 16.2. The van der Waals surface area contributed by atoms with Crippen molar-refractivity contribution in [1.29, 1.82) is 0 Å². The SMILES string of the molecule is C=CC(N)=O.CCN1CC(C)(C)c2ccc([N+](=O)[O-])cc21. The Morgan fingerprint density at radius 3 is 2.57 bits per heavy atom. The highest BCUT2D eigenvalue weighted by atomic mass is 16.6. The Morgan fingerprint density at radius 1 is 1.57 bits per heavy atom. The van der Waals surface area contributed by atoms with Crippen LogP contribution in [0.2, 0.25) is 0 Å². The summed E-state index contributed by atoms with van der Waals surface area (Å²) in [5.74, 6) is -0.481. The second-order valence-corrected chi connectivity index (χ2v) is 5.46. The molecule has 0 aliphatic carbocycles. The molecule has 0 saturated heterocycles. The first-order valence-corrected chi connectivity index (χ1v) is 6.68. The molecule has 1 aliphatic rings. The first-order chi connectivity index (χ1) is 9.72. The van der Waals surface area contributed by atoms with Crippen LogP contribution in [-0.4, -0.2) is 23.9 Å². The summed E-state index contributed by atoms with van der Waals surface area (Å²) in [5.41, 5.74) is 7.02. The fraction of sp³-hybridized carbons (Fsp3) is 0.400. The third-order valence-corrected chi connectivity index (χ3v) is 3.43. The minimum atomic E-state index is -0.481. The Balaban J connectivity index is 0.000000383. The highest BCUT2D eigenvalue weighted by Gasteiger charge is 2.35. The predicted molar refractivity (Wildman–Crippen MR) is 83.4 cm³/mol. The average Bonchev–Trinajstić information content (AvgIpc) is 2.70. The minimum Gasteiger partial charge on any atom is -0.370 e. The molecule has 1 aromatic carbocycles. The number of likely N-dealkylation sites (N-methyl/N-ethyl adjacent to an activating group) is 1. The van der Waals surface area contributed by atoms with Crippen molar-refractivity contribution in [2.24, 2.45) is 5.73 Å². The van der Waals surface area contributed by atoms with E-state index < -0.39 is 5.91 Å². The highest BCUT2D eigenvalue weighted by Crippen LogP contribution is 2.41. The summed E-state index contributed by atoms with van der Waals surface area (Å²) in [5, 5.41) is 10.7. The minimum absolute atomic E-state index is 0.0838. The Hall–Kier alpha value is -2.37. The largest absolute Gasteiger partial charge is 0.370 e. The van der Waals surface area contributed by atoms with Gasteiger partial charge in [-0.3, -0.25) is 14.9 Å². The van der Waals surface area contributed by atoms with Gasteiger partial charge in [0, 0.05) is 36.3 Å². The monoisotopic (exact) mass is 291 g/mol. The fourth-order valence-electron chi connectivity index (χ4n) is 2.40. The molecule has 1 amide bonds. The summed E-state index contributed by atoms with van der Waals surface area (Å²) in [4.78, 5) is 22.1. The molecule has 0 spiro atoms. The van der Waals surface area contributed by atoms with Crippen LogP contribution in [0, 0.1) is 10.1 Å². The van der Waals surface area contributed by atoms with Gasteiger partial charge in [0.2, 0.25) is 5.91 Å². The number of fused-ring (bicyclic) bond motifs is 1. The molecule has 0 aromatic heterocycles. The number of nitrogens with zero attached hydrogens (tertiary/aromatic N) is 2. The van der Waals surface area contributed by atoms with E-state index >= 15 is 0 Å². The molecule has 0 atom stereocenters. The summed E-state index contributed by atoms with van der Waals surface area (Å²) in [6.07, 6.45) is 1.06. The Labute approximate surface area is 124 Å². The van der Waals surface area contributed by atoms with E-state index in [4.69, 9.17) is 0 Å². The van der Waals surface area contributed by atoms with Gasteiger partial charge in [-0.2, -0.15) is 0 Å². The Bertz CT molecular complexity index is 567. The standard InChI is InChI=1S/C12H16N2O2.C3H5NO/c1-4-13-8-12(2,3)10-6-5-9(14(15)16)7-11(10)13;1-2-3(4)5/h5-7H,4,8H2,1-3H3;2H,1H2,(H2,4,5). The lowest BCUT2D eigenvalue weighted by Gasteiger charge is -2.20. The van der Waals surface area contributed by atoms with Crippen molar-refractivity contribution in [2.45, 2.75) is 26.2 Å². The van der Waals surface area contributed by atoms with E-state index in [2.05, 4.69) is 38.0 Å². The maximum absolute atomic E-state index is 10.7. The van der Waals surface area contributed by atoms with Gasteiger partial charge in [-0.05, 0) is 24.6 Å². The van der Waals surface area contributed by atoms with E-state index in [1.165, 1.54) is 5.56 Å². The maximum Gasteiger partial charge on any atom is 0.271 e. The number of carbonyl (C=O) groups excluding carboxylic acids is 1. The van der Waals surface area contributed by atoms with Gasteiger partial charge < -0.3 is 10.6 Å². The van der Waals surface area contributed by atoms with Crippen molar-refractivity contribution in [3.8, 4) is 0 Å². The Morgan fingerprint density at radius 2 is 2.14 bits per heavy atom. The number of nitro benzene ring substituents is 1. The van der Waals surface area contributed by atoms with Gasteiger partial charge in [0.15, 0.2) is 0 Å². The van der Waals surface area contributed by atoms with Crippen LogP contribution >= 0.6 is 0 Å². The van der Waals surface area contributed by atoms with Gasteiger partial charge in [0.25, 0.3) is 5.69 Å². The van der Waals surface area contributed by atoms with E-state index in [-0.39, 0.29) is 16.0 Å². The first-order valence-electron chi connectivity index (χ1n) is 6.68. The molecule has 2 N–H and O–H groups in total. The molecule has 0 radical (unpaired) electrons. The van der Waals surface area contributed by atoms with Gasteiger partial charge in [-0.25, -0.2) is 0 Å². The lowest BCUT2D eigenvalue weighted by Crippen LogP contribution is -2.28. The number of amides is 1. The fourth-order valence-corrected chi connectivity index (χ4v) is 2.40. The second kappa shape index (κ2) is 6.39. The van der Waals surface area contributed by atoms with Gasteiger partial charge in [-0.1, -0.05) is 20.4 Å². The molecule has 0 saturated carbocycles. The van der Waals surface area contributed by atoms with E-state index in [1.54, 1.807) is 12.1 Å². The number of anilines is 1. The van der Waals surface area contributed by atoms with Gasteiger partial charge >= 0.3 is 0 Å². The number of benzene rings is 1. The topological polar surface area (TPSA) is 89.5 Å². The third kappa shape index (κ3) is 3.81. The van der Waals surface area contributed by atoms with E-state index in [1.807, 2.05) is 6.07 Å². The van der Waals surface area contributed by atoms with Crippen LogP contribution in [0.1, 0.15) is 26.3 Å². The van der Waals surface area contributed by atoms with Crippen molar-refractivity contribution in [1.82, 2.24) is 0 Å². The molecule has 0 unspecified atom stereocenters. The molecule has 2 rings (SSSR count). The molecule has 1 aliphatic heterocycles. The van der Waals surface area contributed by atoms with Crippen LogP contribution in [-0.2, 0) is 10.2 Å². The Kier molecular flexibility index (Phi) is 5.07. The summed E-state index contributed by atoms with van der Waals surface area (Å²) in [7, 11) is 0. The third-order valence-electron chi connectivity index (χ3n) is 3.43. The summed E-state index contributed by atoms with van der Waals surface area (Å²) < 4.78 is 0. The number of nitrogens with two attached hydrogens (primary N) is 1. The van der Waals surface area contributed by atoms with Gasteiger partial charge in [-0.15, -0.1) is 0 Å². The number of rotatable bonds is 3. The lowest BCUT2D eigenvalue weighted by molar-refractivity contribution is -0.384. The quantitative estimate of drug-likeness (QED) is 0.526. The first kappa shape index (κ1) is 16.7. The zero-order valence-corrected chi connectivity index (χ0v) is 12.6. The van der Waals surface area contributed by atoms with Crippen LogP contribution in [0.3, 0.4) is 0 Å². The van der Waals surface area contributed by atoms with Crippen molar-refractivity contribution in [3.63, 3.8) is 0 Å². The molecular formula is C15H21N3O3. The van der Waals surface area contributed by atoms with Crippen molar-refractivity contribution in [2.75, 3.05) is 18.0 Å². The van der Waals surface area contributed by atoms with E-state index in [0.29, 0.717) is 0 Å². The number of non-ortho nitro benzene ring substituents is 1. The van der Waals surface area contributed by atoms with Crippen LogP contribution in [0.5, 0.6) is 0 Å². The van der Waals surface area contributed by atoms with Gasteiger partial charge in [0.1, 0.15) is 0 Å². The van der Waals surface area contributed by atoms with Crippen LogP contribution in [0.15, 0.2) is 30.9 Å². The number of carbonyl (C=O) groups is 1. The molecule has 1 aromatic rings. The summed E-state index contributed by atoms with van der Waals surface area (Å²) >= 11 is 0. The molecule has 0 fully saturated rings.